The largest absolute Gasteiger partial charge is 0.462 e. The van der Waals surface area contributed by atoms with Gasteiger partial charge in [-0.05, 0) is 44.9 Å². The summed E-state index contributed by atoms with van der Waals surface area (Å²) in [5.41, 5.74) is 0. The van der Waals surface area contributed by atoms with Crippen LogP contribution in [0.4, 0.5) is 0 Å². The minimum atomic E-state index is -0.779. The van der Waals surface area contributed by atoms with Crippen LogP contribution in [0.5, 0.6) is 0 Å². The standard InChI is InChI=1S/C65H122O5/c1-3-5-7-9-11-13-15-17-19-20-21-22-23-24-25-26-27-28-29-30-31-32-33-34-35-36-37-38-39-40-41-42-43-44-46-47-49-51-53-55-57-59-64(67)69-62-63(61-66)70-65(68)60-58-56-54-52-50-48-45-18-16-14-12-10-8-6-4-2/h6,8,12,14,18,45,63,66H,3-5,7,9-11,13,15-17,19-44,46-62H2,1-2H3/b8-6-,14-12-,45-18-. The van der Waals surface area contributed by atoms with Crippen molar-refractivity contribution in [3.05, 3.63) is 36.5 Å². The Bertz CT molecular complexity index is 1110. The summed E-state index contributed by atoms with van der Waals surface area (Å²) in [6, 6.07) is 0. The minimum Gasteiger partial charge on any atom is -0.462 e. The Morgan fingerprint density at radius 1 is 0.343 bits per heavy atom. The molecule has 0 rings (SSSR count). The van der Waals surface area contributed by atoms with E-state index in [1.165, 1.54) is 250 Å². The van der Waals surface area contributed by atoms with Gasteiger partial charge < -0.3 is 14.6 Å². The molecule has 412 valence electrons. The van der Waals surface area contributed by atoms with Gasteiger partial charge in [-0.1, -0.05) is 326 Å². The lowest BCUT2D eigenvalue weighted by Gasteiger charge is -2.15. The third-order valence-corrected chi connectivity index (χ3v) is 14.4. The quantitative estimate of drug-likeness (QED) is 0.0373. The van der Waals surface area contributed by atoms with Gasteiger partial charge in [-0.3, -0.25) is 9.59 Å². The normalized spacial score (nSPS) is 12.3. The number of carbonyl (C=O) groups is 2. The molecule has 5 heteroatoms. The second-order valence-electron chi connectivity index (χ2n) is 21.5. The van der Waals surface area contributed by atoms with E-state index in [0.29, 0.717) is 12.8 Å². The summed E-state index contributed by atoms with van der Waals surface area (Å²) in [6.45, 7) is 4.05. The van der Waals surface area contributed by atoms with Crippen molar-refractivity contribution in [2.45, 2.75) is 354 Å². The van der Waals surface area contributed by atoms with Crippen LogP contribution in [0.2, 0.25) is 0 Å². The van der Waals surface area contributed by atoms with Crippen molar-refractivity contribution in [2.75, 3.05) is 13.2 Å². The van der Waals surface area contributed by atoms with Gasteiger partial charge in [0.25, 0.3) is 0 Å². The van der Waals surface area contributed by atoms with Crippen molar-refractivity contribution in [3.63, 3.8) is 0 Å². The molecule has 0 aromatic heterocycles. The lowest BCUT2D eigenvalue weighted by Crippen LogP contribution is -2.28. The molecule has 0 aliphatic carbocycles. The summed E-state index contributed by atoms with van der Waals surface area (Å²) in [6.07, 6.45) is 80.4. The molecular weight excluding hydrogens is 861 g/mol. The lowest BCUT2D eigenvalue weighted by atomic mass is 10.0. The molecule has 0 heterocycles. The third-order valence-electron chi connectivity index (χ3n) is 14.4. The smallest absolute Gasteiger partial charge is 0.306 e. The van der Waals surface area contributed by atoms with Crippen LogP contribution < -0.4 is 0 Å². The number of aliphatic hydroxyl groups is 1. The van der Waals surface area contributed by atoms with Crippen LogP contribution in [0.3, 0.4) is 0 Å². The van der Waals surface area contributed by atoms with E-state index >= 15 is 0 Å². The maximum atomic E-state index is 12.2. The first kappa shape index (κ1) is 68.1. The number of unbranched alkanes of at least 4 members (excludes halogenated alkanes) is 45. The molecule has 0 aromatic rings. The van der Waals surface area contributed by atoms with Crippen LogP contribution in [0.15, 0.2) is 36.5 Å². The first-order valence-corrected chi connectivity index (χ1v) is 31.5. The average molecular weight is 984 g/mol. The van der Waals surface area contributed by atoms with Gasteiger partial charge in [-0.15, -0.1) is 0 Å². The molecule has 0 amide bonds. The van der Waals surface area contributed by atoms with E-state index in [0.717, 1.165) is 70.6 Å². The van der Waals surface area contributed by atoms with E-state index in [-0.39, 0.29) is 25.2 Å². The molecule has 0 saturated carbocycles. The first-order valence-electron chi connectivity index (χ1n) is 31.5. The Hall–Kier alpha value is -1.88. The highest BCUT2D eigenvalue weighted by molar-refractivity contribution is 5.70. The van der Waals surface area contributed by atoms with E-state index in [1.807, 2.05) is 0 Å². The summed E-state index contributed by atoms with van der Waals surface area (Å²) >= 11 is 0. The Labute approximate surface area is 437 Å². The zero-order valence-electron chi connectivity index (χ0n) is 47.3. The Morgan fingerprint density at radius 2 is 0.614 bits per heavy atom. The van der Waals surface area contributed by atoms with Gasteiger partial charge in [0.1, 0.15) is 6.61 Å². The minimum absolute atomic E-state index is 0.0694. The van der Waals surface area contributed by atoms with Gasteiger partial charge in [-0.25, -0.2) is 0 Å². The highest BCUT2D eigenvalue weighted by Gasteiger charge is 2.16. The summed E-state index contributed by atoms with van der Waals surface area (Å²) in [5, 5.41) is 9.63. The molecule has 1 N–H and O–H groups in total. The number of hydrogen-bond acceptors (Lipinski definition) is 5. The fourth-order valence-electron chi connectivity index (χ4n) is 9.75. The van der Waals surface area contributed by atoms with Crippen LogP contribution in [0.25, 0.3) is 0 Å². The predicted molar refractivity (Wildman–Crippen MR) is 307 cm³/mol. The van der Waals surface area contributed by atoms with E-state index < -0.39 is 6.10 Å². The molecule has 0 fully saturated rings. The molecule has 0 radical (unpaired) electrons. The van der Waals surface area contributed by atoms with E-state index in [1.54, 1.807) is 0 Å². The monoisotopic (exact) mass is 983 g/mol. The zero-order valence-corrected chi connectivity index (χ0v) is 47.3. The molecule has 0 aromatic carbocycles. The predicted octanol–water partition coefficient (Wildman–Crippen LogP) is 21.4. The molecule has 0 saturated heterocycles. The number of aliphatic hydroxyl groups excluding tert-OH is 1. The SMILES string of the molecule is CC/C=C\C/C=C\C/C=C\CCCCCCCC(=O)OC(CO)COC(=O)CCCCCCCCCCCCCCCCCCCCCCCCCCCCCCCCCCCCCCCCCCC. The molecule has 0 spiro atoms. The maximum absolute atomic E-state index is 12.2. The lowest BCUT2D eigenvalue weighted by molar-refractivity contribution is -0.161. The fraction of sp³-hybridized carbons (Fsp3) is 0.877. The molecule has 1 unspecified atom stereocenters. The van der Waals surface area contributed by atoms with Crippen molar-refractivity contribution in [3.8, 4) is 0 Å². The van der Waals surface area contributed by atoms with Crippen molar-refractivity contribution >= 4 is 11.9 Å². The van der Waals surface area contributed by atoms with Gasteiger partial charge in [0, 0.05) is 12.8 Å². The van der Waals surface area contributed by atoms with Crippen LogP contribution in [0, 0.1) is 0 Å². The van der Waals surface area contributed by atoms with Crippen LogP contribution in [-0.4, -0.2) is 36.4 Å². The second-order valence-corrected chi connectivity index (χ2v) is 21.5. The highest BCUT2D eigenvalue weighted by atomic mass is 16.6. The van der Waals surface area contributed by atoms with E-state index in [4.69, 9.17) is 9.47 Å². The molecule has 70 heavy (non-hydrogen) atoms. The van der Waals surface area contributed by atoms with E-state index in [2.05, 4.69) is 50.3 Å². The Balaban J connectivity index is 3.33. The molecule has 0 aliphatic rings. The van der Waals surface area contributed by atoms with Crippen molar-refractivity contribution in [1.29, 1.82) is 0 Å². The molecule has 0 bridgehead atoms. The van der Waals surface area contributed by atoms with Gasteiger partial charge in [0.05, 0.1) is 6.61 Å². The van der Waals surface area contributed by atoms with Crippen LogP contribution in [0.1, 0.15) is 348 Å². The molecular formula is C65H122O5. The molecule has 5 nitrogen and oxygen atoms in total. The Kier molecular flexibility index (Phi) is 59.8. The number of esters is 2. The summed E-state index contributed by atoms with van der Waals surface area (Å²) < 4.78 is 10.7. The highest BCUT2D eigenvalue weighted by Crippen LogP contribution is 2.19. The van der Waals surface area contributed by atoms with Gasteiger partial charge in [0.2, 0.25) is 0 Å². The summed E-state index contributed by atoms with van der Waals surface area (Å²) in [4.78, 5) is 24.5. The summed E-state index contributed by atoms with van der Waals surface area (Å²) in [5.74, 6) is -0.596. The van der Waals surface area contributed by atoms with Gasteiger partial charge in [0.15, 0.2) is 6.10 Å². The Morgan fingerprint density at radius 3 is 0.929 bits per heavy atom. The van der Waals surface area contributed by atoms with E-state index in [9.17, 15) is 14.7 Å². The summed E-state index contributed by atoms with van der Waals surface area (Å²) in [7, 11) is 0. The van der Waals surface area contributed by atoms with Gasteiger partial charge >= 0.3 is 11.9 Å². The zero-order chi connectivity index (χ0) is 50.6. The average Bonchev–Trinajstić information content (AvgIpc) is 3.36. The van der Waals surface area contributed by atoms with Crippen LogP contribution >= 0.6 is 0 Å². The number of hydrogen-bond donors (Lipinski definition) is 1. The fourth-order valence-corrected chi connectivity index (χ4v) is 9.75. The first-order chi connectivity index (χ1) is 34.6. The number of ether oxygens (including phenoxy) is 2. The third kappa shape index (κ3) is 58.7. The number of rotatable bonds is 59. The molecule has 1 atom stereocenters. The van der Waals surface area contributed by atoms with Crippen molar-refractivity contribution in [1.82, 2.24) is 0 Å². The van der Waals surface area contributed by atoms with Crippen molar-refractivity contribution in [2.24, 2.45) is 0 Å². The second kappa shape index (κ2) is 61.4. The number of allylic oxidation sites excluding steroid dienone is 6. The topological polar surface area (TPSA) is 72.8 Å². The molecule has 0 aliphatic heterocycles. The van der Waals surface area contributed by atoms with Crippen molar-refractivity contribution < 1.29 is 24.2 Å². The number of carbonyl (C=O) groups excluding carboxylic acids is 2. The maximum Gasteiger partial charge on any atom is 0.306 e. The van der Waals surface area contributed by atoms with Gasteiger partial charge in [-0.2, -0.15) is 0 Å². The van der Waals surface area contributed by atoms with Crippen LogP contribution in [-0.2, 0) is 19.1 Å².